The second-order valence-electron chi connectivity index (χ2n) is 5.90. The Labute approximate surface area is 123 Å². The molecule has 1 unspecified atom stereocenters. The van der Waals surface area contributed by atoms with Crippen LogP contribution >= 0.6 is 0 Å². The topological polar surface area (TPSA) is 78.3 Å². The minimum atomic E-state index is -0.255. The van der Waals surface area contributed by atoms with E-state index in [-0.39, 0.29) is 5.69 Å². The molecule has 1 aliphatic heterocycles. The summed E-state index contributed by atoms with van der Waals surface area (Å²) >= 11 is 0. The number of nitrogens with one attached hydrogen (secondary N) is 2. The highest BCUT2D eigenvalue weighted by Gasteiger charge is 2.20. The van der Waals surface area contributed by atoms with Crippen LogP contribution in [0.2, 0.25) is 0 Å². The first kappa shape index (κ1) is 14.1. The van der Waals surface area contributed by atoms with E-state index in [4.69, 9.17) is 0 Å². The minimum Gasteiger partial charge on any atom is -0.352 e. The molecule has 3 rings (SSSR count). The highest BCUT2D eigenvalue weighted by Crippen LogP contribution is 2.17. The van der Waals surface area contributed by atoms with Gasteiger partial charge in [0.2, 0.25) is 0 Å². The monoisotopic (exact) mass is 290 g/mol. The Kier molecular flexibility index (Phi) is 3.92. The molecule has 1 atom stereocenters. The third-order valence-electron chi connectivity index (χ3n) is 4.04. The van der Waals surface area contributed by atoms with Gasteiger partial charge in [0.15, 0.2) is 5.65 Å². The zero-order valence-corrected chi connectivity index (χ0v) is 12.5. The van der Waals surface area contributed by atoms with Crippen LogP contribution in [0.1, 0.15) is 33.1 Å². The van der Waals surface area contributed by atoms with Crippen molar-refractivity contribution in [1.82, 2.24) is 24.9 Å². The lowest BCUT2D eigenvalue weighted by molar-refractivity contribution is 0.392. The van der Waals surface area contributed by atoms with E-state index in [9.17, 15) is 4.79 Å². The Bertz CT molecular complexity index is 655. The number of fused-ring (bicyclic) bond motifs is 1. The van der Waals surface area contributed by atoms with Gasteiger partial charge in [0.05, 0.1) is 0 Å². The Morgan fingerprint density at radius 2 is 2.33 bits per heavy atom. The average Bonchev–Trinajstić information content (AvgIpc) is 2.86. The molecule has 2 N–H and O–H groups in total. The first-order valence-electron chi connectivity index (χ1n) is 7.58. The predicted octanol–water partition coefficient (Wildman–Crippen LogP) is 0.774. The van der Waals surface area contributed by atoms with E-state index in [2.05, 4.69) is 39.2 Å². The number of H-pyrrole nitrogens is 1. The Morgan fingerprint density at radius 1 is 1.48 bits per heavy atom. The van der Waals surface area contributed by atoms with Gasteiger partial charge in [-0.3, -0.25) is 0 Å². The van der Waals surface area contributed by atoms with Crippen molar-refractivity contribution in [2.75, 3.05) is 18.0 Å². The van der Waals surface area contributed by atoms with Gasteiger partial charge < -0.3 is 10.2 Å². The van der Waals surface area contributed by atoms with Gasteiger partial charge in [-0.25, -0.2) is 19.3 Å². The van der Waals surface area contributed by atoms with Crippen molar-refractivity contribution in [3.8, 4) is 0 Å². The molecule has 0 aromatic carbocycles. The summed E-state index contributed by atoms with van der Waals surface area (Å²) in [7, 11) is 0. The van der Waals surface area contributed by atoms with E-state index in [1.54, 1.807) is 6.33 Å². The van der Waals surface area contributed by atoms with Gasteiger partial charge in [-0.15, -0.1) is 0 Å². The van der Waals surface area contributed by atoms with Gasteiger partial charge >= 0.3 is 5.69 Å². The normalized spacial score (nSPS) is 19.3. The first-order chi connectivity index (χ1) is 10.1. The van der Waals surface area contributed by atoms with E-state index in [1.807, 2.05) is 6.07 Å². The second kappa shape index (κ2) is 5.85. The molecule has 3 heterocycles. The van der Waals surface area contributed by atoms with Gasteiger partial charge in [-0.1, -0.05) is 6.42 Å². The van der Waals surface area contributed by atoms with Crippen molar-refractivity contribution in [2.45, 2.75) is 45.2 Å². The van der Waals surface area contributed by atoms with Crippen molar-refractivity contribution >= 4 is 11.5 Å². The summed E-state index contributed by atoms with van der Waals surface area (Å²) in [5, 5.41) is 10.0. The van der Waals surface area contributed by atoms with E-state index in [0.717, 1.165) is 18.9 Å². The number of anilines is 1. The van der Waals surface area contributed by atoms with Gasteiger partial charge in [0.25, 0.3) is 0 Å². The number of aromatic amines is 1. The third kappa shape index (κ3) is 2.92. The molecule has 114 valence electrons. The van der Waals surface area contributed by atoms with Crippen molar-refractivity contribution in [3.05, 3.63) is 22.9 Å². The second-order valence-corrected chi connectivity index (χ2v) is 5.90. The summed E-state index contributed by atoms with van der Waals surface area (Å²) in [5.41, 5.74) is 0.348. The van der Waals surface area contributed by atoms with Crippen LogP contribution in [0, 0.1) is 0 Å². The first-order valence-corrected chi connectivity index (χ1v) is 7.58. The predicted molar refractivity (Wildman–Crippen MR) is 81.7 cm³/mol. The average molecular weight is 290 g/mol. The van der Waals surface area contributed by atoms with Crippen LogP contribution in [0.5, 0.6) is 0 Å². The maximum Gasteiger partial charge on any atom is 0.348 e. The number of hydrogen-bond acceptors (Lipinski definition) is 5. The van der Waals surface area contributed by atoms with Crippen molar-refractivity contribution in [3.63, 3.8) is 0 Å². The third-order valence-corrected chi connectivity index (χ3v) is 4.04. The van der Waals surface area contributed by atoms with Gasteiger partial charge in [-0.05, 0) is 33.2 Å². The minimum absolute atomic E-state index is 0.255. The molecule has 21 heavy (non-hydrogen) atoms. The van der Waals surface area contributed by atoms with E-state index >= 15 is 0 Å². The van der Waals surface area contributed by atoms with Crippen molar-refractivity contribution < 1.29 is 0 Å². The highest BCUT2D eigenvalue weighted by atomic mass is 16.1. The van der Waals surface area contributed by atoms with Gasteiger partial charge in [-0.2, -0.15) is 5.10 Å². The van der Waals surface area contributed by atoms with Crippen molar-refractivity contribution in [1.29, 1.82) is 0 Å². The highest BCUT2D eigenvalue weighted by molar-refractivity contribution is 5.50. The molecular formula is C14H22N6O. The van der Waals surface area contributed by atoms with E-state index in [0.29, 0.717) is 17.7 Å². The quantitative estimate of drug-likeness (QED) is 0.870. The molecule has 0 radical (unpaired) electrons. The molecule has 1 saturated heterocycles. The van der Waals surface area contributed by atoms with Crippen LogP contribution in [0.4, 0.5) is 5.82 Å². The van der Waals surface area contributed by atoms with Crippen LogP contribution in [-0.4, -0.2) is 44.8 Å². The SMILES string of the molecule is CC(C)N(CC1CCCCN1)c1cc2n[nH]c(=O)n2cn1. The molecule has 1 fully saturated rings. The Morgan fingerprint density at radius 3 is 3.05 bits per heavy atom. The maximum atomic E-state index is 11.5. The van der Waals surface area contributed by atoms with E-state index < -0.39 is 0 Å². The maximum absolute atomic E-state index is 11.5. The zero-order valence-electron chi connectivity index (χ0n) is 12.5. The molecule has 7 heteroatoms. The standard InChI is InChI=1S/C14H22N6O/c1-10(2)19(8-11-5-3-4-6-15-11)12-7-13-17-18-14(21)20(13)9-16-12/h7,9-11,15H,3-6,8H2,1-2H3,(H,18,21). The van der Waals surface area contributed by atoms with Crippen molar-refractivity contribution in [2.24, 2.45) is 0 Å². The molecule has 0 saturated carbocycles. The number of rotatable bonds is 4. The number of aromatic nitrogens is 4. The largest absolute Gasteiger partial charge is 0.352 e. The van der Waals surface area contributed by atoms with Crippen LogP contribution in [0.25, 0.3) is 5.65 Å². The smallest absolute Gasteiger partial charge is 0.348 e. The van der Waals surface area contributed by atoms with Crippen LogP contribution < -0.4 is 15.9 Å². The fourth-order valence-corrected chi connectivity index (χ4v) is 2.84. The zero-order chi connectivity index (χ0) is 14.8. The summed E-state index contributed by atoms with van der Waals surface area (Å²) < 4.78 is 1.42. The molecular weight excluding hydrogens is 268 g/mol. The molecule has 0 bridgehead atoms. The summed E-state index contributed by atoms with van der Waals surface area (Å²) in [5.74, 6) is 0.865. The molecule has 0 aliphatic carbocycles. The van der Waals surface area contributed by atoms with Crippen LogP contribution in [0.15, 0.2) is 17.2 Å². The molecule has 0 amide bonds. The molecule has 1 aliphatic rings. The lowest BCUT2D eigenvalue weighted by Crippen LogP contribution is -2.46. The summed E-state index contributed by atoms with van der Waals surface area (Å²) in [6.07, 6.45) is 5.29. The molecule has 2 aromatic heterocycles. The number of piperidine rings is 1. The van der Waals surface area contributed by atoms with Gasteiger partial charge in [0, 0.05) is 24.7 Å². The Hall–Kier alpha value is -1.89. The van der Waals surface area contributed by atoms with Crippen LogP contribution in [0.3, 0.4) is 0 Å². The number of hydrogen-bond donors (Lipinski definition) is 2. The fourth-order valence-electron chi connectivity index (χ4n) is 2.84. The summed E-state index contributed by atoms with van der Waals surface area (Å²) in [4.78, 5) is 18.2. The lowest BCUT2D eigenvalue weighted by Gasteiger charge is -2.34. The fraction of sp³-hybridized carbons (Fsp3) is 0.643. The summed E-state index contributed by atoms with van der Waals surface area (Å²) in [6.45, 7) is 6.34. The Balaban J connectivity index is 1.85. The van der Waals surface area contributed by atoms with E-state index in [1.165, 1.54) is 23.7 Å². The lowest BCUT2D eigenvalue weighted by atomic mass is 10.0. The van der Waals surface area contributed by atoms with Gasteiger partial charge in [0.1, 0.15) is 12.1 Å². The molecule has 0 spiro atoms. The van der Waals surface area contributed by atoms with Crippen LogP contribution in [-0.2, 0) is 0 Å². The molecule has 7 nitrogen and oxygen atoms in total. The molecule has 2 aromatic rings. The number of nitrogens with zero attached hydrogens (tertiary/aromatic N) is 4. The summed E-state index contributed by atoms with van der Waals surface area (Å²) in [6, 6.07) is 2.70.